The summed E-state index contributed by atoms with van der Waals surface area (Å²) in [5.74, 6) is 0. The first-order valence-corrected chi connectivity index (χ1v) is 8.37. The fourth-order valence-electron chi connectivity index (χ4n) is 2.97. The van der Waals surface area contributed by atoms with Crippen molar-refractivity contribution in [1.29, 1.82) is 0 Å². The van der Waals surface area contributed by atoms with Crippen molar-refractivity contribution in [3.05, 3.63) is 58.3 Å². The summed E-state index contributed by atoms with van der Waals surface area (Å²) in [4.78, 5) is 15.1. The van der Waals surface area contributed by atoms with Crippen LogP contribution in [0, 0.1) is 0 Å². The van der Waals surface area contributed by atoms with Crippen LogP contribution in [0.2, 0.25) is 0 Å². The molecule has 1 saturated heterocycles. The Hall–Kier alpha value is -1.75. The third-order valence-corrected chi connectivity index (χ3v) is 5.30. The lowest BCUT2D eigenvalue weighted by atomic mass is 10.1. The first kappa shape index (κ1) is 13.9. The molecule has 0 N–H and O–H groups in total. The molecule has 4 heteroatoms. The van der Waals surface area contributed by atoms with E-state index in [4.69, 9.17) is 4.74 Å². The Labute approximate surface area is 132 Å². The van der Waals surface area contributed by atoms with Crippen molar-refractivity contribution in [3.63, 3.8) is 0 Å². The number of ether oxygens (including phenoxy) is 1. The Kier molecular flexibility index (Phi) is 3.66. The molecule has 3 aromatic rings. The summed E-state index contributed by atoms with van der Waals surface area (Å²) < 4.78 is 7.51. The lowest BCUT2D eigenvalue weighted by Gasteiger charge is -2.26. The molecule has 22 heavy (non-hydrogen) atoms. The Balaban J connectivity index is 1.77. The smallest absolute Gasteiger partial charge is 0.195 e. The van der Waals surface area contributed by atoms with Crippen LogP contribution in [0.1, 0.15) is 5.56 Å². The van der Waals surface area contributed by atoms with E-state index >= 15 is 0 Å². The van der Waals surface area contributed by atoms with Gasteiger partial charge in [-0.3, -0.25) is 9.69 Å². The van der Waals surface area contributed by atoms with Crippen molar-refractivity contribution < 1.29 is 4.74 Å². The second-order valence-corrected chi connectivity index (χ2v) is 6.73. The number of hydrogen-bond donors (Lipinski definition) is 0. The number of benzene rings is 2. The minimum Gasteiger partial charge on any atom is -0.379 e. The SMILES string of the molecule is O=c1c2ccccc2sc2ccc(CN3CCOCC3)cc12. The van der Waals surface area contributed by atoms with Crippen LogP contribution in [0.4, 0.5) is 0 Å². The van der Waals surface area contributed by atoms with Crippen LogP contribution in [0.3, 0.4) is 0 Å². The molecule has 1 fully saturated rings. The maximum absolute atomic E-state index is 12.7. The van der Waals surface area contributed by atoms with Gasteiger partial charge in [-0.05, 0) is 29.8 Å². The predicted octanol–water partition coefficient (Wildman–Crippen LogP) is 3.25. The molecule has 2 aromatic carbocycles. The molecular weight excluding hydrogens is 294 g/mol. The highest BCUT2D eigenvalue weighted by atomic mass is 32.1. The van der Waals surface area contributed by atoms with E-state index in [2.05, 4.69) is 23.1 Å². The molecule has 0 atom stereocenters. The average Bonchev–Trinajstić information content (AvgIpc) is 2.57. The normalized spacial score (nSPS) is 16.4. The maximum atomic E-state index is 12.7. The average molecular weight is 311 g/mol. The topological polar surface area (TPSA) is 29.5 Å². The van der Waals surface area contributed by atoms with Crippen LogP contribution in [-0.4, -0.2) is 31.2 Å². The molecule has 112 valence electrons. The van der Waals surface area contributed by atoms with Gasteiger partial charge in [-0.15, -0.1) is 11.3 Å². The monoisotopic (exact) mass is 311 g/mol. The Morgan fingerprint density at radius 3 is 2.64 bits per heavy atom. The Morgan fingerprint density at radius 2 is 1.77 bits per heavy atom. The lowest BCUT2D eigenvalue weighted by molar-refractivity contribution is 0.0342. The molecule has 4 rings (SSSR count). The summed E-state index contributed by atoms with van der Waals surface area (Å²) in [5, 5.41) is 1.66. The number of fused-ring (bicyclic) bond motifs is 2. The van der Waals surface area contributed by atoms with Crippen LogP contribution >= 0.6 is 11.3 Å². The van der Waals surface area contributed by atoms with E-state index in [1.807, 2.05) is 24.3 Å². The second kappa shape index (κ2) is 5.80. The Bertz CT molecular complexity index is 881. The van der Waals surface area contributed by atoms with Crippen molar-refractivity contribution >= 4 is 31.5 Å². The molecule has 0 unspecified atom stereocenters. The summed E-state index contributed by atoms with van der Waals surface area (Å²) in [6.07, 6.45) is 0. The lowest BCUT2D eigenvalue weighted by Crippen LogP contribution is -2.35. The minimum absolute atomic E-state index is 0.146. The van der Waals surface area contributed by atoms with Gasteiger partial charge in [0.1, 0.15) is 0 Å². The van der Waals surface area contributed by atoms with E-state index in [-0.39, 0.29) is 5.43 Å². The highest BCUT2D eigenvalue weighted by Crippen LogP contribution is 2.25. The van der Waals surface area contributed by atoms with Crippen molar-refractivity contribution in [2.24, 2.45) is 0 Å². The number of nitrogens with zero attached hydrogens (tertiary/aromatic N) is 1. The molecular formula is C18H17NO2S. The summed E-state index contributed by atoms with van der Waals surface area (Å²) in [7, 11) is 0. The van der Waals surface area contributed by atoms with Crippen molar-refractivity contribution in [2.45, 2.75) is 6.54 Å². The summed E-state index contributed by atoms with van der Waals surface area (Å²) in [6.45, 7) is 4.40. The zero-order valence-corrected chi connectivity index (χ0v) is 13.1. The first-order chi connectivity index (χ1) is 10.8. The quantitative estimate of drug-likeness (QED) is 0.681. The zero-order chi connectivity index (χ0) is 14.9. The van der Waals surface area contributed by atoms with Crippen LogP contribution in [0.15, 0.2) is 47.3 Å². The minimum atomic E-state index is 0.146. The first-order valence-electron chi connectivity index (χ1n) is 7.56. The third-order valence-electron chi connectivity index (χ3n) is 4.15. The van der Waals surface area contributed by atoms with Crippen LogP contribution in [0.5, 0.6) is 0 Å². The molecule has 0 radical (unpaired) electrons. The van der Waals surface area contributed by atoms with E-state index in [1.54, 1.807) is 11.3 Å². The number of hydrogen-bond acceptors (Lipinski definition) is 4. The van der Waals surface area contributed by atoms with Crippen LogP contribution in [0.25, 0.3) is 20.2 Å². The van der Waals surface area contributed by atoms with Gasteiger partial charge >= 0.3 is 0 Å². The molecule has 3 nitrogen and oxygen atoms in total. The molecule has 1 aliphatic rings. The van der Waals surface area contributed by atoms with E-state index in [9.17, 15) is 4.79 Å². The number of rotatable bonds is 2. The fourth-order valence-corrected chi connectivity index (χ4v) is 4.02. The fraction of sp³-hybridized carbons (Fsp3) is 0.278. The molecule has 0 spiro atoms. The second-order valence-electron chi connectivity index (χ2n) is 5.65. The van der Waals surface area contributed by atoms with Crippen molar-refractivity contribution in [2.75, 3.05) is 26.3 Å². The van der Waals surface area contributed by atoms with Gasteiger partial charge in [0, 0.05) is 39.8 Å². The third kappa shape index (κ3) is 2.54. The van der Waals surface area contributed by atoms with Gasteiger partial charge in [0.25, 0.3) is 0 Å². The molecule has 1 aliphatic heterocycles. The van der Waals surface area contributed by atoms with Crippen molar-refractivity contribution in [1.82, 2.24) is 4.90 Å². The van der Waals surface area contributed by atoms with E-state index in [1.165, 1.54) is 5.56 Å². The summed E-state index contributed by atoms with van der Waals surface area (Å²) in [5.41, 5.74) is 1.35. The standard InChI is InChI=1S/C18H17NO2S/c20-18-14-3-1-2-4-16(14)22-17-6-5-13(11-15(17)18)12-19-7-9-21-10-8-19/h1-6,11H,7-10,12H2. The molecule has 0 bridgehead atoms. The zero-order valence-electron chi connectivity index (χ0n) is 12.2. The van der Waals surface area contributed by atoms with Crippen LogP contribution < -0.4 is 5.43 Å². The van der Waals surface area contributed by atoms with Crippen LogP contribution in [-0.2, 0) is 11.3 Å². The van der Waals surface area contributed by atoms with Gasteiger partial charge in [0.05, 0.1) is 13.2 Å². The van der Waals surface area contributed by atoms with E-state index < -0.39 is 0 Å². The maximum Gasteiger partial charge on any atom is 0.195 e. The van der Waals surface area contributed by atoms with Gasteiger partial charge in [-0.25, -0.2) is 0 Å². The highest BCUT2D eigenvalue weighted by molar-refractivity contribution is 7.24. The molecule has 0 saturated carbocycles. The van der Waals surface area contributed by atoms with E-state index in [0.717, 1.165) is 53.0 Å². The van der Waals surface area contributed by atoms with Gasteiger partial charge in [0.2, 0.25) is 0 Å². The Morgan fingerprint density at radius 1 is 1.00 bits per heavy atom. The van der Waals surface area contributed by atoms with Gasteiger partial charge in [0.15, 0.2) is 5.43 Å². The molecule has 0 amide bonds. The van der Waals surface area contributed by atoms with Crippen molar-refractivity contribution in [3.8, 4) is 0 Å². The largest absolute Gasteiger partial charge is 0.379 e. The molecule has 1 aromatic heterocycles. The number of morpholine rings is 1. The van der Waals surface area contributed by atoms with Gasteiger partial charge in [-0.2, -0.15) is 0 Å². The van der Waals surface area contributed by atoms with Gasteiger partial charge < -0.3 is 4.74 Å². The highest BCUT2D eigenvalue weighted by Gasteiger charge is 2.12. The molecule has 0 aliphatic carbocycles. The summed E-state index contributed by atoms with van der Waals surface area (Å²) >= 11 is 1.69. The molecule has 2 heterocycles. The van der Waals surface area contributed by atoms with Gasteiger partial charge in [-0.1, -0.05) is 18.2 Å². The summed E-state index contributed by atoms with van der Waals surface area (Å²) in [6, 6.07) is 14.1. The van der Waals surface area contributed by atoms with E-state index in [0.29, 0.717) is 0 Å². The predicted molar refractivity (Wildman–Crippen MR) is 91.7 cm³/mol.